The molecule has 0 saturated heterocycles. The van der Waals surface area contributed by atoms with Crippen molar-refractivity contribution in [3.63, 3.8) is 0 Å². The van der Waals surface area contributed by atoms with Gasteiger partial charge >= 0.3 is 0 Å². The van der Waals surface area contributed by atoms with E-state index in [1.54, 1.807) is 6.33 Å². The molecule has 0 N–H and O–H groups in total. The van der Waals surface area contributed by atoms with Gasteiger partial charge in [-0.15, -0.1) is 0 Å². The fourth-order valence-electron chi connectivity index (χ4n) is 3.06. The van der Waals surface area contributed by atoms with Crippen LogP contribution in [0.25, 0.3) is 11.3 Å². The van der Waals surface area contributed by atoms with Crippen LogP contribution in [-0.4, -0.2) is 36.3 Å². The summed E-state index contributed by atoms with van der Waals surface area (Å²) in [6, 6.07) is 14.3. The number of nitrogens with zero attached hydrogens (tertiary/aromatic N) is 6. The second kappa shape index (κ2) is 6.49. The van der Waals surface area contributed by atoms with Crippen molar-refractivity contribution < 1.29 is 0 Å². The minimum Gasteiger partial charge on any atom is -0.296 e. The van der Waals surface area contributed by atoms with E-state index in [1.807, 2.05) is 39.7 Å². The average molecular weight is 332 g/mol. The zero-order valence-corrected chi connectivity index (χ0v) is 14.4. The Morgan fingerprint density at radius 3 is 2.76 bits per heavy atom. The molecule has 0 aliphatic rings. The summed E-state index contributed by atoms with van der Waals surface area (Å²) in [4.78, 5) is 6.48. The second-order valence-corrected chi connectivity index (χ2v) is 6.30. The molecule has 0 aliphatic carbocycles. The Morgan fingerprint density at radius 2 is 1.88 bits per heavy atom. The Bertz CT molecular complexity index is 1000. The molecule has 0 saturated carbocycles. The SMILES string of the molecule is Cc1ccccc1-n1cc(CN(C)Cc2cccc3ncnn23)cn1. The highest BCUT2D eigenvalue weighted by Gasteiger charge is 2.09. The van der Waals surface area contributed by atoms with Crippen LogP contribution in [0.2, 0.25) is 0 Å². The molecule has 1 aromatic carbocycles. The molecule has 0 bridgehead atoms. The van der Waals surface area contributed by atoms with E-state index in [1.165, 1.54) is 11.1 Å². The van der Waals surface area contributed by atoms with Crippen molar-refractivity contribution in [3.05, 3.63) is 78.0 Å². The van der Waals surface area contributed by atoms with Crippen molar-refractivity contribution in [1.82, 2.24) is 29.3 Å². The molecule has 0 atom stereocenters. The average Bonchev–Trinajstić information content (AvgIpc) is 3.25. The van der Waals surface area contributed by atoms with Crippen molar-refractivity contribution in [2.75, 3.05) is 7.05 Å². The highest BCUT2D eigenvalue weighted by atomic mass is 15.3. The van der Waals surface area contributed by atoms with Gasteiger partial charge in [0.25, 0.3) is 0 Å². The zero-order valence-electron chi connectivity index (χ0n) is 14.4. The van der Waals surface area contributed by atoms with E-state index in [-0.39, 0.29) is 0 Å². The third-order valence-electron chi connectivity index (χ3n) is 4.26. The van der Waals surface area contributed by atoms with Gasteiger partial charge in [0, 0.05) is 24.8 Å². The van der Waals surface area contributed by atoms with Gasteiger partial charge in [-0.25, -0.2) is 14.2 Å². The van der Waals surface area contributed by atoms with Gasteiger partial charge in [-0.05, 0) is 37.7 Å². The second-order valence-electron chi connectivity index (χ2n) is 6.30. The number of para-hydroxylation sites is 1. The number of pyridine rings is 1. The number of fused-ring (bicyclic) bond motifs is 1. The molecular formula is C19H20N6. The molecule has 4 rings (SSSR count). The van der Waals surface area contributed by atoms with Crippen LogP contribution in [0.3, 0.4) is 0 Å². The number of hydrogen-bond donors (Lipinski definition) is 0. The third kappa shape index (κ3) is 3.16. The van der Waals surface area contributed by atoms with Crippen molar-refractivity contribution in [2.45, 2.75) is 20.0 Å². The summed E-state index contributed by atoms with van der Waals surface area (Å²) in [6.07, 6.45) is 5.61. The molecule has 126 valence electrons. The molecule has 3 heterocycles. The molecule has 6 nitrogen and oxygen atoms in total. The number of benzene rings is 1. The number of aryl methyl sites for hydroxylation is 1. The first-order valence-electron chi connectivity index (χ1n) is 8.26. The van der Waals surface area contributed by atoms with Crippen molar-refractivity contribution in [1.29, 1.82) is 0 Å². The topological polar surface area (TPSA) is 51.2 Å². The quantitative estimate of drug-likeness (QED) is 0.564. The lowest BCUT2D eigenvalue weighted by atomic mass is 10.2. The smallest absolute Gasteiger partial charge is 0.155 e. The zero-order chi connectivity index (χ0) is 17.2. The fourth-order valence-corrected chi connectivity index (χ4v) is 3.06. The highest BCUT2D eigenvalue weighted by molar-refractivity contribution is 5.39. The molecule has 4 aromatic rings. The van der Waals surface area contributed by atoms with Gasteiger partial charge in [0.05, 0.1) is 17.6 Å². The van der Waals surface area contributed by atoms with Gasteiger partial charge in [-0.2, -0.15) is 10.2 Å². The van der Waals surface area contributed by atoms with Crippen molar-refractivity contribution in [3.8, 4) is 5.69 Å². The molecule has 6 heteroatoms. The van der Waals surface area contributed by atoms with E-state index in [4.69, 9.17) is 0 Å². The van der Waals surface area contributed by atoms with E-state index in [2.05, 4.69) is 58.4 Å². The van der Waals surface area contributed by atoms with Crippen LogP contribution in [0.4, 0.5) is 0 Å². The summed E-state index contributed by atoms with van der Waals surface area (Å²) in [5.74, 6) is 0. The highest BCUT2D eigenvalue weighted by Crippen LogP contribution is 2.14. The lowest BCUT2D eigenvalue weighted by molar-refractivity contribution is 0.312. The van der Waals surface area contributed by atoms with E-state index < -0.39 is 0 Å². The van der Waals surface area contributed by atoms with Crippen LogP contribution in [0.1, 0.15) is 16.8 Å². The molecule has 0 fully saturated rings. The Labute approximate surface area is 146 Å². The summed E-state index contributed by atoms with van der Waals surface area (Å²) >= 11 is 0. The number of rotatable bonds is 5. The molecule has 0 radical (unpaired) electrons. The van der Waals surface area contributed by atoms with E-state index in [0.717, 1.165) is 30.1 Å². The minimum atomic E-state index is 0.788. The van der Waals surface area contributed by atoms with Gasteiger partial charge in [-0.1, -0.05) is 24.3 Å². The maximum atomic E-state index is 4.51. The maximum Gasteiger partial charge on any atom is 0.155 e. The monoisotopic (exact) mass is 332 g/mol. The summed E-state index contributed by atoms with van der Waals surface area (Å²) in [7, 11) is 2.10. The Morgan fingerprint density at radius 1 is 1.00 bits per heavy atom. The van der Waals surface area contributed by atoms with Crippen LogP contribution >= 0.6 is 0 Å². The first-order valence-corrected chi connectivity index (χ1v) is 8.26. The van der Waals surface area contributed by atoms with Crippen LogP contribution < -0.4 is 0 Å². The molecule has 25 heavy (non-hydrogen) atoms. The van der Waals surface area contributed by atoms with Crippen LogP contribution in [0.5, 0.6) is 0 Å². The van der Waals surface area contributed by atoms with E-state index in [9.17, 15) is 0 Å². The fraction of sp³-hybridized carbons (Fsp3) is 0.211. The molecule has 3 aromatic heterocycles. The van der Waals surface area contributed by atoms with Gasteiger partial charge < -0.3 is 0 Å². The first-order chi connectivity index (χ1) is 12.2. The van der Waals surface area contributed by atoms with Crippen molar-refractivity contribution >= 4 is 5.65 Å². The van der Waals surface area contributed by atoms with Crippen LogP contribution in [0, 0.1) is 6.92 Å². The predicted octanol–water partition coefficient (Wildman–Crippen LogP) is 2.86. The molecule has 0 unspecified atom stereocenters. The Kier molecular flexibility index (Phi) is 4.03. The van der Waals surface area contributed by atoms with E-state index >= 15 is 0 Å². The van der Waals surface area contributed by atoms with Gasteiger partial charge in [0.15, 0.2) is 5.65 Å². The summed E-state index contributed by atoms with van der Waals surface area (Å²) in [5.41, 5.74) is 5.49. The maximum absolute atomic E-state index is 4.51. The van der Waals surface area contributed by atoms with Crippen LogP contribution in [0.15, 0.2) is 61.2 Å². The lowest BCUT2D eigenvalue weighted by Crippen LogP contribution is -2.19. The molecular weight excluding hydrogens is 312 g/mol. The largest absolute Gasteiger partial charge is 0.296 e. The standard InChI is InChI=1S/C19H20N6/c1-15-6-3-4-8-18(15)24-12-16(10-21-24)11-23(2)13-17-7-5-9-19-20-14-22-25(17)19/h3-10,12,14H,11,13H2,1-2H3. The van der Waals surface area contributed by atoms with Crippen molar-refractivity contribution in [2.24, 2.45) is 0 Å². The van der Waals surface area contributed by atoms with Crippen LogP contribution in [-0.2, 0) is 13.1 Å². The van der Waals surface area contributed by atoms with Gasteiger partial charge in [0.2, 0.25) is 0 Å². The lowest BCUT2D eigenvalue weighted by Gasteiger charge is -2.16. The Balaban J connectivity index is 1.49. The van der Waals surface area contributed by atoms with Gasteiger partial charge in [0.1, 0.15) is 6.33 Å². The third-order valence-corrected chi connectivity index (χ3v) is 4.26. The minimum absolute atomic E-state index is 0.788. The molecule has 0 spiro atoms. The van der Waals surface area contributed by atoms with Gasteiger partial charge in [-0.3, -0.25) is 4.90 Å². The summed E-state index contributed by atoms with van der Waals surface area (Å²) in [6.45, 7) is 3.70. The summed E-state index contributed by atoms with van der Waals surface area (Å²) in [5, 5.41) is 8.81. The first kappa shape index (κ1) is 15.5. The summed E-state index contributed by atoms with van der Waals surface area (Å²) < 4.78 is 3.82. The molecule has 0 amide bonds. The number of aromatic nitrogens is 5. The Hall–Kier alpha value is -2.99. The predicted molar refractivity (Wildman–Crippen MR) is 96.5 cm³/mol. The normalized spacial score (nSPS) is 11.5. The molecule has 0 aliphatic heterocycles. The van der Waals surface area contributed by atoms with E-state index in [0.29, 0.717) is 0 Å². The number of hydrogen-bond acceptors (Lipinski definition) is 4.